The normalized spacial score (nSPS) is 19.9. The van der Waals surface area contributed by atoms with Crippen LogP contribution in [0.4, 0.5) is 0 Å². The van der Waals surface area contributed by atoms with Gasteiger partial charge >= 0.3 is 23.9 Å². The Hall–Kier alpha value is -4.72. The molecule has 0 radical (unpaired) electrons. The molecule has 1 fully saturated rings. The average Bonchev–Trinajstić information content (AvgIpc) is 3.06. The van der Waals surface area contributed by atoms with Crippen molar-refractivity contribution in [1.82, 2.24) is 10.3 Å². The molecule has 14 heteroatoms. The van der Waals surface area contributed by atoms with Crippen molar-refractivity contribution in [3.8, 4) is 11.5 Å². The number of cyclic esters (lactones) is 2. The van der Waals surface area contributed by atoms with E-state index in [0.29, 0.717) is 6.61 Å². The Bertz CT molecular complexity index is 1350. The third-order valence-electron chi connectivity index (χ3n) is 6.85. The van der Waals surface area contributed by atoms with Crippen LogP contribution < -0.4 is 10.1 Å². The average molecular weight is 645 g/mol. The molecule has 1 aliphatic heterocycles. The molecule has 0 bridgehead atoms. The van der Waals surface area contributed by atoms with Crippen molar-refractivity contribution in [3.63, 3.8) is 0 Å². The van der Waals surface area contributed by atoms with Crippen LogP contribution in [-0.4, -0.2) is 84.7 Å². The van der Waals surface area contributed by atoms with E-state index in [1.54, 1.807) is 38.1 Å². The van der Waals surface area contributed by atoms with Crippen molar-refractivity contribution >= 4 is 29.8 Å². The molecule has 0 spiro atoms. The highest BCUT2D eigenvalue weighted by Crippen LogP contribution is 2.29. The van der Waals surface area contributed by atoms with E-state index in [0.717, 1.165) is 30.7 Å². The van der Waals surface area contributed by atoms with Gasteiger partial charge in [0, 0.05) is 18.9 Å². The van der Waals surface area contributed by atoms with E-state index in [2.05, 4.69) is 10.3 Å². The molecule has 2 unspecified atom stereocenters. The Kier molecular flexibility index (Phi) is 13.7. The molecule has 2 heterocycles. The van der Waals surface area contributed by atoms with Gasteiger partial charge in [-0.05, 0) is 25.3 Å². The predicted molar refractivity (Wildman–Crippen MR) is 159 cm³/mol. The lowest BCUT2D eigenvalue weighted by molar-refractivity contribution is -0.176. The van der Waals surface area contributed by atoms with Gasteiger partial charge in [-0.3, -0.25) is 14.4 Å². The maximum Gasteiger partial charge on any atom is 0.334 e. The minimum absolute atomic E-state index is 0.123. The Labute approximate surface area is 266 Å². The molecule has 46 heavy (non-hydrogen) atoms. The van der Waals surface area contributed by atoms with Crippen molar-refractivity contribution in [2.75, 3.05) is 26.6 Å². The molecule has 1 aromatic carbocycles. The van der Waals surface area contributed by atoms with Gasteiger partial charge in [0.05, 0.1) is 5.92 Å². The van der Waals surface area contributed by atoms with Crippen molar-refractivity contribution in [3.05, 3.63) is 53.9 Å². The highest BCUT2D eigenvalue weighted by Gasteiger charge is 2.42. The van der Waals surface area contributed by atoms with E-state index >= 15 is 0 Å². The second kappa shape index (κ2) is 17.7. The first-order chi connectivity index (χ1) is 22.0. The van der Waals surface area contributed by atoms with Gasteiger partial charge in [0.1, 0.15) is 25.2 Å². The summed E-state index contributed by atoms with van der Waals surface area (Å²) in [5, 5.41) is 12.7. The summed E-state index contributed by atoms with van der Waals surface area (Å²) in [6, 6.07) is 8.63. The van der Waals surface area contributed by atoms with Crippen LogP contribution in [0.3, 0.4) is 0 Å². The molecule has 3 rings (SSSR count). The lowest BCUT2D eigenvalue weighted by atomic mass is 9.91. The SMILES string of the molecule is CCCCOCC(=O)OCOc1c(O)ccnc1C(=O)NC1COC(=O)[C@H](Cc2ccccc2)C(OC(=O)C(C)C)[C@H](C)OC1=O. The number of ether oxygens (including phenoxy) is 6. The quantitative estimate of drug-likeness (QED) is 0.132. The van der Waals surface area contributed by atoms with Crippen LogP contribution in [0, 0.1) is 11.8 Å². The first-order valence-corrected chi connectivity index (χ1v) is 15.0. The molecule has 14 nitrogen and oxygen atoms in total. The zero-order valence-corrected chi connectivity index (χ0v) is 26.3. The number of benzene rings is 1. The van der Waals surface area contributed by atoms with Gasteiger partial charge in [0.15, 0.2) is 29.3 Å². The number of nitrogens with one attached hydrogen (secondary N) is 1. The molecule has 0 saturated carbocycles. The minimum atomic E-state index is -1.51. The van der Waals surface area contributed by atoms with Crippen LogP contribution in [0.5, 0.6) is 11.5 Å². The standard InChI is InChI=1S/C32H40N2O12/c1-5-6-14-41-17-25(36)43-18-44-28-24(35)12-13-33-26(28)29(37)34-23-16-42-31(39)22(15-21-10-8-7-9-11-21)27(20(4)45-32(23)40)46-30(38)19(2)3/h7-13,19-20,22-23,27H,5-6,14-18H2,1-4H3,(H,33,35)(H,34,37)/t20-,22+,23?,27?/m0/s1. The summed E-state index contributed by atoms with van der Waals surface area (Å²) in [7, 11) is 0. The summed E-state index contributed by atoms with van der Waals surface area (Å²) >= 11 is 0. The number of hydrogen-bond acceptors (Lipinski definition) is 13. The molecule has 2 N–H and O–H groups in total. The van der Waals surface area contributed by atoms with Gasteiger partial charge in [0.25, 0.3) is 5.91 Å². The lowest BCUT2D eigenvalue weighted by Gasteiger charge is -2.29. The molecule has 1 aliphatic rings. The number of pyridine rings is 1. The smallest absolute Gasteiger partial charge is 0.334 e. The van der Waals surface area contributed by atoms with Crippen LogP contribution in [0.1, 0.15) is 56.6 Å². The largest absolute Gasteiger partial charge is 0.504 e. The number of aromatic hydroxyl groups is 1. The summed E-state index contributed by atoms with van der Waals surface area (Å²) in [6.45, 7) is 5.50. The number of esters is 4. The minimum Gasteiger partial charge on any atom is -0.504 e. The number of unbranched alkanes of at least 4 members (excludes halogenated alkanes) is 1. The number of nitrogens with zero attached hydrogens (tertiary/aromatic N) is 1. The van der Waals surface area contributed by atoms with E-state index in [-0.39, 0.29) is 13.0 Å². The number of amides is 1. The lowest BCUT2D eigenvalue weighted by Crippen LogP contribution is -2.47. The van der Waals surface area contributed by atoms with Crippen LogP contribution >= 0.6 is 0 Å². The highest BCUT2D eigenvalue weighted by molar-refractivity contribution is 5.98. The monoisotopic (exact) mass is 644 g/mol. The van der Waals surface area contributed by atoms with E-state index in [4.69, 9.17) is 28.4 Å². The summed E-state index contributed by atoms with van der Waals surface area (Å²) in [4.78, 5) is 68.3. The third-order valence-corrected chi connectivity index (χ3v) is 6.85. The van der Waals surface area contributed by atoms with Crippen molar-refractivity contribution < 1.29 is 57.5 Å². The fourth-order valence-electron chi connectivity index (χ4n) is 4.32. The van der Waals surface area contributed by atoms with Gasteiger partial charge in [-0.2, -0.15) is 0 Å². The van der Waals surface area contributed by atoms with Crippen molar-refractivity contribution in [1.29, 1.82) is 0 Å². The van der Waals surface area contributed by atoms with E-state index in [1.165, 1.54) is 6.92 Å². The molecule has 1 amide bonds. The van der Waals surface area contributed by atoms with Crippen LogP contribution in [0.2, 0.25) is 0 Å². The fourth-order valence-corrected chi connectivity index (χ4v) is 4.32. The number of aromatic nitrogens is 1. The van der Waals surface area contributed by atoms with E-state index in [9.17, 15) is 29.1 Å². The number of carbonyl (C=O) groups is 5. The van der Waals surface area contributed by atoms with Crippen LogP contribution in [0.15, 0.2) is 42.6 Å². The van der Waals surface area contributed by atoms with Gasteiger partial charge in [-0.15, -0.1) is 0 Å². The molecule has 1 aromatic heterocycles. The molecule has 250 valence electrons. The topological polar surface area (TPSA) is 186 Å². The van der Waals surface area contributed by atoms with Gasteiger partial charge in [-0.1, -0.05) is 57.5 Å². The summed E-state index contributed by atoms with van der Waals surface area (Å²) in [5.41, 5.74) is 0.308. The maximum absolute atomic E-state index is 13.4. The highest BCUT2D eigenvalue weighted by atomic mass is 16.7. The summed E-state index contributed by atoms with van der Waals surface area (Å²) < 4.78 is 32.1. The third kappa shape index (κ3) is 10.4. The maximum atomic E-state index is 13.4. The van der Waals surface area contributed by atoms with Crippen molar-refractivity contribution in [2.24, 2.45) is 11.8 Å². The zero-order chi connectivity index (χ0) is 33.6. The summed E-state index contributed by atoms with van der Waals surface area (Å²) in [6.07, 6.45) is 0.625. The Morgan fingerprint density at radius 2 is 1.85 bits per heavy atom. The molecular formula is C32H40N2O12. The Balaban J connectivity index is 1.75. The van der Waals surface area contributed by atoms with Gasteiger partial charge in [-0.25, -0.2) is 14.6 Å². The Morgan fingerprint density at radius 1 is 1.11 bits per heavy atom. The van der Waals surface area contributed by atoms with Crippen LogP contribution in [-0.2, 0) is 49.3 Å². The first kappa shape index (κ1) is 35.8. The fraction of sp³-hybridized carbons (Fsp3) is 0.500. The van der Waals surface area contributed by atoms with E-state index in [1.807, 2.05) is 13.0 Å². The molecular weight excluding hydrogens is 604 g/mol. The first-order valence-electron chi connectivity index (χ1n) is 15.0. The number of rotatable bonds is 14. The summed E-state index contributed by atoms with van der Waals surface area (Å²) in [5.74, 6) is -6.53. The molecule has 1 saturated heterocycles. The zero-order valence-electron chi connectivity index (χ0n) is 26.3. The molecule has 4 atom stereocenters. The van der Waals surface area contributed by atoms with Crippen molar-refractivity contribution in [2.45, 2.75) is 65.2 Å². The van der Waals surface area contributed by atoms with Gasteiger partial charge < -0.3 is 38.8 Å². The Morgan fingerprint density at radius 3 is 2.54 bits per heavy atom. The van der Waals surface area contributed by atoms with Gasteiger partial charge in [0.2, 0.25) is 6.79 Å². The van der Waals surface area contributed by atoms with E-state index < -0.39 is 90.5 Å². The molecule has 2 aromatic rings. The second-order valence-electron chi connectivity index (χ2n) is 10.8. The van der Waals surface area contributed by atoms with Crippen LogP contribution in [0.25, 0.3) is 0 Å². The second-order valence-corrected chi connectivity index (χ2v) is 10.8. The number of hydrogen-bond donors (Lipinski definition) is 2. The molecule has 0 aliphatic carbocycles. The number of carbonyl (C=O) groups excluding carboxylic acids is 5. The predicted octanol–water partition coefficient (Wildman–Crippen LogP) is 2.50.